The molecular weight excluding hydrogens is 1080 g/mol. The Kier molecular flexibility index (Phi) is 27.2. The minimum Gasteiger partial charge on any atom is -0.496 e. The number of carbonyl (C=O) groups is 4. The Morgan fingerprint density at radius 3 is 1.45 bits per heavy atom. The number of benzene rings is 2. The third-order valence-electron chi connectivity index (χ3n) is 11.7. The normalized spacial score (nSPS) is 12.6. The third kappa shape index (κ3) is 18.9. The van der Waals surface area contributed by atoms with Crippen molar-refractivity contribution in [3.63, 3.8) is 0 Å². The Balaban J connectivity index is 0.00000104. The maximum atomic E-state index is 12.6. The van der Waals surface area contributed by atoms with Crippen LogP contribution in [0, 0.1) is 18.8 Å². The molecule has 0 bridgehead atoms. The van der Waals surface area contributed by atoms with Gasteiger partial charge in [0, 0.05) is 54.9 Å². The summed E-state index contributed by atoms with van der Waals surface area (Å²) in [7, 11) is 2.73. The quantitative estimate of drug-likeness (QED) is 0.0313. The van der Waals surface area contributed by atoms with Gasteiger partial charge in [-0.3, -0.25) is 19.2 Å². The molecule has 0 aliphatic rings. The molecule has 0 fully saturated rings. The van der Waals surface area contributed by atoms with Gasteiger partial charge in [-0.25, -0.2) is 0 Å². The molecule has 0 aliphatic carbocycles. The van der Waals surface area contributed by atoms with Gasteiger partial charge in [0.1, 0.15) is 11.5 Å². The largest absolute Gasteiger partial charge is 0.496 e. The summed E-state index contributed by atoms with van der Waals surface area (Å²) in [6.07, 6.45) is 2.95. The van der Waals surface area contributed by atoms with Crippen LogP contribution in [0.25, 0.3) is 20.2 Å². The van der Waals surface area contributed by atoms with Crippen LogP contribution in [0.4, 0.5) is 0 Å². The number of esters is 2. The summed E-state index contributed by atoms with van der Waals surface area (Å²) in [5.41, 5.74) is 1.12. The first-order chi connectivity index (χ1) is 29.2. The van der Waals surface area contributed by atoms with E-state index < -0.39 is 28.5 Å². The van der Waals surface area contributed by atoms with Gasteiger partial charge in [-0.15, -0.1) is 39.7 Å². The maximum Gasteiger partial charge on any atom is 0.308 e. The van der Waals surface area contributed by atoms with Crippen LogP contribution in [0.3, 0.4) is 0 Å². The zero-order valence-electron chi connectivity index (χ0n) is 41.7. The number of hydrogen-bond donors (Lipinski definition) is 0. The molecule has 0 N–H and O–H groups in total. The van der Waals surface area contributed by atoms with Gasteiger partial charge < -0.3 is 34.7 Å². The van der Waals surface area contributed by atoms with Crippen LogP contribution in [0.1, 0.15) is 106 Å². The molecule has 0 amide bonds. The Morgan fingerprint density at radius 2 is 1.06 bits per heavy atom. The number of fused-ring (bicyclic) bond motifs is 2. The Morgan fingerprint density at radius 1 is 0.662 bits per heavy atom. The van der Waals surface area contributed by atoms with Crippen molar-refractivity contribution in [1.29, 1.82) is 0 Å². The first-order valence-electron chi connectivity index (χ1n) is 21.3. The van der Waals surface area contributed by atoms with E-state index in [1.807, 2.05) is 30.3 Å². The van der Waals surface area contributed by atoms with E-state index in [-0.39, 0.29) is 77.8 Å². The molecule has 362 valence electrons. The number of ether oxygens (including phenoxy) is 4. The fourth-order valence-corrected chi connectivity index (χ4v) is 10.4. The van der Waals surface area contributed by atoms with Crippen LogP contribution in [0.15, 0.2) is 40.9 Å². The van der Waals surface area contributed by atoms with E-state index in [9.17, 15) is 19.2 Å². The summed E-state index contributed by atoms with van der Waals surface area (Å²) in [6.45, 7) is 31.3. The summed E-state index contributed by atoms with van der Waals surface area (Å²) < 4.78 is 35.2. The van der Waals surface area contributed by atoms with E-state index in [2.05, 4.69) is 101 Å². The summed E-state index contributed by atoms with van der Waals surface area (Å²) in [4.78, 5) is 49.2. The van der Waals surface area contributed by atoms with Gasteiger partial charge in [0.15, 0.2) is 28.2 Å². The zero-order valence-corrected chi connectivity index (χ0v) is 51.6. The maximum absolute atomic E-state index is 12.6. The Bertz CT molecular complexity index is 2160. The molecule has 2 aromatic heterocycles. The predicted octanol–water partition coefficient (Wildman–Crippen LogP) is 14.1. The minimum atomic E-state index is -1.74. The van der Waals surface area contributed by atoms with Crippen LogP contribution in [0.5, 0.6) is 11.5 Å². The van der Waals surface area contributed by atoms with Crippen molar-refractivity contribution in [1.82, 2.24) is 0 Å². The van der Waals surface area contributed by atoms with E-state index in [0.29, 0.717) is 14.8 Å². The van der Waals surface area contributed by atoms with Crippen molar-refractivity contribution in [3.05, 3.63) is 63.1 Å². The van der Waals surface area contributed by atoms with Crippen molar-refractivity contribution in [2.45, 2.75) is 124 Å². The van der Waals surface area contributed by atoms with E-state index in [4.69, 9.17) is 23.1 Å². The van der Waals surface area contributed by atoms with Gasteiger partial charge in [-0.1, -0.05) is 55.4 Å². The van der Waals surface area contributed by atoms with Crippen LogP contribution in [-0.4, -0.2) is 81.8 Å². The molecule has 0 saturated carbocycles. The molecule has 2 aromatic carbocycles. The number of thiophene rings is 2. The molecule has 65 heavy (non-hydrogen) atoms. The topological polar surface area (TPSA) is 124 Å². The van der Waals surface area contributed by atoms with Crippen LogP contribution in [0.2, 0.25) is 36.3 Å². The molecule has 0 unspecified atom stereocenters. The molecule has 2 heterocycles. The third-order valence-corrected chi connectivity index (χ3v) is 23.7. The molecule has 0 radical (unpaired) electrons. The van der Waals surface area contributed by atoms with Crippen LogP contribution < -0.4 is 9.47 Å². The summed E-state index contributed by atoms with van der Waals surface area (Å²) in [5, 5.41) is 2.54. The predicted molar refractivity (Wildman–Crippen MR) is 280 cm³/mol. The van der Waals surface area contributed by atoms with Crippen molar-refractivity contribution in [3.8, 4) is 11.5 Å². The van der Waals surface area contributed by atoms with Gasteiger partial charge >= 0.3 is 11.9 Å². The average Bonchev–Trinajstić information content (AvgIpc) is 3.83. The number of ketones is 2. The number of aryl methyl sites for hydroxylation is 1. The number of carbonyl (C=O) groups excluding carboxylic acids is 4. The smallest absolute Gasteiger partial charge is 0.308 e. The van der Waals surface area contributed by atoms with Crippen molar-refractivity contribution in [2.24, 2.45) is 11.8 Å². The second-order valence-corrected chi connectivity index (χ2v) is 31.4. The van der Waals surface area contributed by atoms with Crippen molar-refractivity contribution in [2.75, 3.05) is 41.7 Å². The molecule has 4 rings (SSSR count). The first-order valence-corrected chi connectivity index (χ1v) is 29.6. The molecule has 0 aliphatic heterocycles. The monoisotopic (exact) mass is 1150 g/mol. The van der Waals surface area contributed by atoms with E-state index in [1.165, 1.54) is 36.9 Å². The summed E-state index contributed by atoms with van der Waals surface area (Å²) in [6, 6.07) is 11.7. The molecule has 10 nitrogen and oxygen atoms in total. The van der Waals surface area contributed by atoms with E-state index in [0.717, 1.165) is 74.2 Å². The van der Waals surface area contributed by atoms with Crippen LogP contribution >= 0.6 is 55.6 Å². The number of halogens is 2. The van der Waals surface area contributed by atoms with Gasteiger partial charge in [0.2, 0.25) is 0 Å². The fourth-order valence-electron chi connectivity index (χ4n) is 5.65. The number of Topliss-reactive ketones (excluding diaryl/α,β-unsaturated/α-hetero) is 2. The molecule has 17 heteroatoms. The Hall–Kier alpha value is -1.82. The molecule has 2 atom stereocenters. The standard InChI is InChI=1S/C24H36O5SSi.C15H15BrO4S.C9H21OSi.BrH.Zn/c1-16(23(26)28-6)12-19(25)22-14-18-13-17(20(27-5)15-21(18)30-22)10-9-11-29-31(7,8)24(2,3)4;1-8(15(18)20-3)4-11(17)14-6-9-5-10(16)12(19-2)7-13(9)21-14;1-7-8-10-11(5,6)9(2,3)4;;/h13-16H,9-12H2,1-8H3;5-8H,4H2,1-3H3;1,7-8H2,2-6H3;1H;/q;;-1;;/t16-;8-;;;/m11.../s1. The zero-order chi connectivity index (χ0) is 48.1. The fraction of sp³-hybridized carbons (Fsp3) is 0.562. The van der Waals surface area contributed by atoms with Gasteiger partial charge in [-0.2, -0.15) is 6.42 Å². The second kappa shape index (κ2) is 28.0. The Labute approximate surface area is 430 Å². The molecular formula is C48H73Br2O10S2Si2Zn-. The number of methoxy groups -OCH3 is 4. The molecule has 0 spiro atoms. The second-order valence-electron chi connectivity index (χ2n) is 18.7. The van der Waals surface area contributed by atoms with E-state index >= 15 is 0 Å². The minimum absolute atomic E-state index is 0. The van der Waals surface area contributed by atoms with Crippen molar-refractivity contribution < 1.29 is 66.5 Å². The summed E-state index contributed by atoms with van der Waals surface area (Å²) >= 11 is 6.27. The van der Waals surface area contributed by atoms with Crippen molar-refractivity contribution >= 4 is 116 Å². The number of hydrogen-bond acceptors (Lipinski definition) is 12. The van der Waals surface area contributed by atoms with Gasteiger partial charge in [0.25, 0.3) is 0 Å². The van der Waals surface area contributed by atoms with E-state index in [1.54, 1.807) is 28.1 Å². The molecule has 0 saturated heterocycles. The SMILES string of the molecule is Br.COC(=O)[C@H](C)CC(=O)c1cc2cc(Br)c(OC)cc2s1.COC(=O)[C@H](C)CC(=O)c1cc2cc(CCCO[Si](C)(C)C(C)(C)C)c(OC)cc2s1.[CH2-]CCO[Si](C)(C)C(C)(C)C.[Zn]. The van der Waals surface area contributed by atoms with Gasteiger partial charge in [-0.05, 0) is 118 Å². The number of rotatable bonds is 18. The van der Waals surface area contributed by atoms with Crippen LogP contribution in [-0.2, 0) is 53.8 Å². The molecule has 4 aromatic rings. The average molecular weight is 1160 g/mol. The summed E-state index contributed by atoms with van der Waals surface area (Å²) in [5.74, 6) is -0.142. The van der Waals surface area contributed by atoms with Gasteiger partial charge in [0.05, 0.1) is 54.5 Å². The first kappa shape index (κ1) is 63.2.